The van der Waals surface area contributed by atoms with Gasteiger partial charge in [0.05, 0.1) is 19.4 Å². The minimum absolute atomic E-state index is 0.0629. The summed E-state index contributed by atoms with van der Waals surface area (Å²) in [7, 11) is 1.53. The number of nitrogen functional groups attached to an aromatic ring is 1. The Labute approximate surface area is 234 Å². The molecule has 9 heteroatoms. The van der Waals surface area contributed by atoms with E-state index < -0.39 is 11.9 Å². The van der Waals surface area contributed by atoms with Gasteiger partial charge >= 0.3 is 5.97 Å². The number of ether oxygens (including phenoxy) is 2. The molecule has 1 saturated carbocycles. The molecule has 3 aromatic rings. The van der Waals surface area contributed by atoms with Gasteiger partial charge in [0.15, 0.2) is 5.69 Å². The number of benzene rings is 2. The van der Waals surface area contributed by atoms with E-state index in [1.165, 1.54) is 20.0 Å². The SMILES string of the molecule is C=Cc1cc(C(=O)Nc2ccc(C(=N)N)cc2)c(-c2ccc(CNCC3CC3)nc2C(=O)OCCC)cc1OC. The van der Waals surface area contributed by atoms with Gasteiger partial charge in [-0.1, -0.05) is 25.6 Å². The summed E-state index contributed by atoms with van der Waals surface area (Å²) in [6.45, 7) is 7.46. The zero-order valence-electron chi connectivity index (χ0n) is 22.9. The number of rotatable bonds is 13. The monoisotopic (exact) mass is 541 g/mol. The minimum Gasteiger partial charge on any atom is -0.496 e. The number of amidine groups is 1. The number of methoxy groups -OCH3 is 1. The fourth-order valence-electron chi connectivity index (χ4n) is 4.24. The van der Waals surface area contributed by atoms with Gasteiger partial charge in [-0.2, -0.15) is 0 Å². The molecule has 0 atom stereocenters. The van der Waals surface area contributed by atoms with Gasteiger partial charge in [0.1, 0.15) is 11.6 Å². The van der Waals surface area contributed by atoms with Crippen molar-refractivity contribution in [3.8, 4) is 16.9 Å². The predicted octanol–water partition coefficient (Wildman–Crippen LogP) is 5.00. The number of anilines is 1. The molecule has 208 valence electrons. The molecule has 0 bridgehead atoms. The molecule has 2 aromatic carbocycles. The van der Waals surface area contributed by atoms with Crippen LogP contribution in [0.3, 0.4) is 0 Å². The largest absolute Gasteiger partial charge is 0.496 e. The molecule has 1 amide bonds. The predicted molar refractivity (Wildman–Crippen MR) is 157 cm³/mol. The molecular formula is C31H35N5O4. The second-order valence-electron chi connectivity index (χ2n) is 9.70. The quantitative estimate of drug-likeness (QED) is 0.136. The third-order valence-electron chi connectivity index (χ3n) is 6.60. The standard InChI is InChI=1S/C31H35N5O4/c1-4-14-40-31(38)28-24(13-12-23(35-28)18-34-17-19-6-7-19)25-16-27(39-3)20(5-2)15-26(25)30(37)36-22-10-8-21(9-11-22)29(32)33/h5,8-13,15-16,19,34H,2,4,6-7,14,17-18H2,1,3H3,(H3,32,33)(H,36,37). The van der Waals surface area contributed by atoms with E-state index in [9.17, 15) is 9.59 Å². The molecule has 40 heavy (non-hydrogen) atoms. The second-order valence-corrected chi connectivity index (χ2v) is 9.70. The first-order chi connectivity index (χ1) is 19.3. The first kappa shape index (κ1) is 28.5. The van der Waals surface area contributed by atoms with Crippen LogP contribution in [-0.4, -0.2) is 43.0 Å². The molecule has 0 spiro atoms. The number of hydrogen-bond acceptors (Lipinski definition) is 7. The van der Waals surface area contributed by atoms with Crippen LogP contribution in [0, 0.1) is 11.3 Å². The van der Waals surface area contributed by atoms with Crippen LogP contribution in [0.1, 0.15) is 63.9 Å². The van der Waals surface area contributed by atoms with E-state index in [-0.39, 0.29) is 18.1 Å². The van der Waals surface area contributed by atoms with E-state index in [1.54, 1.807) is 48.5 Å². The molecule has 0 aliphatic heterocycles. The van der Waals surface area contributed by atoms with Gasteiger partial charge in [-0.15, -0.1) is 0 Å². The fraction of sp³-hybridized carbons (Fsp3) is 0.290. The van der Waals surface area contributed by atoms with Gasteiger partial charge in [0.2, 0.25) is 0 Å². The summed E-state index contributed by atoms with van der Waals surface area (Å²) < 4.78 is 11.1. The van der Waals surface area contributed by atoms with Crippen molar-refractivity contribution >= 4 is 29.5 Å². The maximum Gasteiger partial charge on any atom is 0.357 e. The minimum atomic E-state index is -0.557. The van der Waals surface area contributed by atoms with Crippen molar-refractivity contribution in [1.82, 2.24) is 10.3 Å². The number of hydrogen-bond donors (Lipinski definition) is 4. The number of aromatic nitrogens is 1. The summed E-state index contributed by atoms with van der Waals surface area (Å²) in [6.07, 6.45) is 4.75. The van der Waals surface area contributed by atoms with E-state index >= 15 is 0 Å². The molecule has 5 N–H and O–H groups in total. The van der Waals surface area contributed by atoms with Crippen molar-refractivity contribution in [3.63, 3.8) is 0 Å². The molecule has 0 saturated heterocycles. The number of nitrogens with two attached hydrogens (primary N) is 1. The lowest BCUT2D eigenvalue weighted by Gasteiger charge is -2.17. The van der Waals surface area contributed by atoms with Gasteiger partial charge in [-0.3, -0.25) is 10.2 Å². The number of nitrogens with zero attached hydrogens (tertiary/aromatic N) is 1. The first-order valence-electron chi connectivity index (χ1n) is 13.3. The lowest BCUT2D eigenvalue weighted by Crippen LogP contribution is -2.19. The number of esters is 1. The van der Waals surface area contributed by atoms with Crippen LogP contribution in [-0.2, 0) is 11.3 Å². The Morgan fingerprint density at radius 1 is 1.15 bits per heavy atom. The van der Waals surface area contributed by atoms with E-state index in [0.29, 0.717) is 63.8 Å². The van der Waals surface area contributed by atoms with E-state index in [2.05, 4.69) is 22.2 Å². The van der Waals surface area contributed by atoms with Gasteiger partial charge in [-0.05, 0) is 74.2 Å². The number of nitrogens with one attached hydrogen (secondary N) is 3. The van der Waals surface area contributed by atoms with E-state index in [4.69, 9.17) is 20.6 Å². The molecule has 1 fully saturated rings. The average molecular weight is 542 g/mol. The molecule has 1 aliphatic rings. The molecule has 0 radical (unpaired) electrons. The normalized spacial score (nSPS) is 12.4. The summed E-state index contributed by atoms with van der Waals surface area (Å²) in [5, 5.41) is 13.9. The molecule has 4 rings (SSSR count). The first-order valence-corrected chi connectivity index (χ1v) is 13.3. The summed E-state index contributed by atoms with van der Waals surface area (Å²) in [5.74, 6) is 0.185. The summed E-state index contributed by atoms with van der Waals surface area (Å²) in [5.41, 5.74) is 9.30. The van der Waals surface area contributed by atoms with Crippen LogP contribution >= 0.6 is 0 Å². The lowest BCUT2D eigenvalue weighted by molar-refractivity contribution is 0.0498. The van der Waals surface area contributed by atoms with Crippen LogP contribution in [0.2, 0.25) is 0 Å². The molecule has 0 unspecified atom stereocenters. The smallest absolute Gasteiger partial charge is 0.357 e. The Morgan fingerprint density at radius 3 is 2.52 bits per heavy atom. The molecule has 1 aliphatic carbocycles. The van der Waals surface area contributed by atoms with Gasteiger partial charge in [0.25, 0.3) is 5.91 Å². The Morgan fingerprint density at radius 2 is 1.90 bits per heavy atom. The molecule has 9 nitrogen and oxygen atoms in total. The molecular weight excluding hydrogens is 506 g/mol. The summed E-state index contributed by atoms with van der Waals surface area (Å²) >= 11 is 0. The summed E-state index contributed by atoms with van der Waals surface area (Å²) in [4.78, 5) is 31.5. The summed E-state index contributed by atoms with van der Waals surface area (Å²) in [6, 6.07) is 13.7. The van der Waals surface area contributed by atoms with Crippen LogP contribution in [0.4, 0.5) is 5.69 Å². The van der Waals surface area contributed by atoms with Crippen molar-refractivity contribution in [3.05, 3.63) is 83.2 Å². The Kier molecular flexibility index (Phi) is 9.29. The number of carbonyl (C=O) groups is 2. The van der Waals surface area contributed by atoms with Gasteiger partial charge < -0.3 is 25.8 Å². The van der Waals surface area contributed by atoms with Crippen molar-refractivity contribution in [2.75, 3.05) is 25.6 Å². The van der Waals surface area contributed by atoms with Crippen LogP contribution in [0.15, 0.2) is 55.1 Å². The van der Waals surface area contributed by atoms with E-state index in [1.807, 2.05) is 13.0 Å². The second kappa shape index (κ2) is 13.0. The highest BCUT2D eigenvalue weighted by molar-refractivity contribution is 6.11. The maximum absolute atomic E-state index is 13.6. The molecule has 1 heterocycles. The lowest BCUT2D eigenvalue weighted by atomic mass is 9.94. The van der Waals surface area contributed by atoms with Crippen LogP contribution in [0.5, 0.6) is 5.75 Å². The van der Waals surface area contributed by atoms with Gasteiger partial charge in [0, 0.05) is 40.0 Å². The number of pyridine rings is 1. The van der Waals surface area contributed by atoms with E-state index in [0.717, 1.165) is 6.54 Å². The van der Waals surface area contributed by atoms with Crippen LogP contribution in [0.25, 0.3) is 17.2 Å². The van der Waals surface area contributed by atoms with Crippen molar-refractivity contribution < 1.29 is 19.1 Å². The van der Waals surface area contributed by atoms with Gasteiger partial charge in [-0.25, -0.2) is 9.78 Å². The van der Waals surface area contributed by atoms with Crippen molar-refractivity contribution in [2.24, 2.45) is 11.7 Å². The fourth-order valence-corrected chi connectivity index (χ4v) is 4.24. The van der Waals surface area contributed by atoms with Crippen LogP contribution < -0.4 is 21.1 Å². The van der Waals surface area contributed by atoms with Crippen molar-refractivity contribution in [2.45, 2.75) is 32.7 Å². The Balaban J connectivity index is 1.76. The third kappa shape index (κ3) is 6.92. The average Bonchev–Trinajstić information content (AvgIpc) is 3.80. The Hall–Kier alpha value is -4.50. The highest BCUT2D eigenvalue weighted by Crippen LogP contribution is 2.34. The highest BCUT2D eigenvalue weighted by Gasteiger charge is 2.24. The number of carbonyl (C=O) groups excluding carboxylic acids is 2. The zero-order valence-corrected chi connectivity index (χ0v) is 22.9. The topological polar surface area (TPSA) is 139 Å². The van der Waals surface area contributed by atoms with Crippen molar-refractivity contribution in [1.29, 1.82) is 5.41 Å². The third-order valence-corrected chi connectivity index (χ3v) is 6.60. The molecule has 1 aromatic heterocycles. The zero-order chi connectivity index (χ0) is 28.6. The number of amides is 1. The Bertz CT molecular complexity index is 1410. The highest BCUT2D eigenvalue weighted by atomic mass is 16.5. The maximum atomic E-state index is 13.6.